The number of aromatic nitrogens is 2. The zero-order chi connectivity index (χ0) is 18.4. The minimum atomic E-state index is -3.51. The van der Waals surface area contributed by atoms with E-state index in [0.29, 0.717) is 11.6 Å². The predicted molar refractivity (Wildman–Crippen MR) is 103 cm³/mol. The molecule has 26 heavy (non-hydrogen) atoms. The van der Waals surface area contributed by atoms with Gasteiger partial charge in [0, 0.05) is 6.42 Å². The van der Waals surface area contributed by atoms with Crippen molar-refractivity contribution in [3.05, 3.63) is 70.7 Å². The number of ether oxygens (including phenoxy) is 1. The molecule has 0 unspecified atom stereocenters. The van der Waals surface area contributed by atoms with Gasteiger partial charge in [-0.15, -0.1) is 10.2 Å². The summed E-state index contributed by atoms with van der Waals surface area (Å²) in [6, 6.07) is 16.9. The molecule has 0 amide bonds. The number of anilines is 1. The van der Waals surface area contributed by atoms with Crippen molar-refractivity contribution in [1.82, 2.24) is 10.2 Å². The molecule has 6 nitrogen and oxygen atoms in total. The van der Waals surface area contributed by atoms with E-state index in [0.717, 1.165) is 28.3 Å². The normalized spacial score (nSPS) is 11.3. The maximum atomic E-state index is 12.2. The summed E-state index contributed by atoms with van der Waals surface area (Å²) in [6.07, 6.45) is 1.50. The molecule has 0 radical (unpaired) electrons. The second-order valence-corrected chi connectivity index (χ2v) is 8.48. The largest absolute Gasteiger partial charge is 0.497 e. The van der Waals surface area contributed by atoms with E-state index in [1.807, 2.05) is 42.5 Å². The Morgan fingerprint density at radius 1 is 0.962 bits per heavy atom. The van der Waals surface area contributed by atoms with Gasteiger partial charge in [0.2, 0.25) is 15.2 Å². The number of aryl methyl sites for hydroxylation is 2. The molecule has 0 saturated heterocycles. The maximum absolute atomic E-state index is 12.2. The van der Waals surface area contributed by atoms with E-state index >= 15 is 0 Å². The van der Waals surface area contributed by atoms with E-state index in [-0.39, 0.29) is 5.75 Å². The van der Waals surface area contributed by atoms with Crippen LogP contribution in [-0.2, 0) is 28.6 Å². The van der Waals surface area contributed by atoms with E-state index in [4.69, 9.17) is 4.74 Å². The van der Waals surface area contributed by atoms with Crippen LogP contribution in [0.5, 0.6) is 5.75 Å². The average Bonchev–Trinajstić information content (AvgIpc) is 3.07. The van der Waals surface area contributed by atoms with Crippen LogP contribution in [-0.4, -0.2) is 25.7 Å². The van der Waals surface area contributed by atoms with Crippen LogP contribution in [0.3, 0.4) is 0 Å². The zero-order valence-corrected chi connectivity index (χ0v) is 15.9. The first-order valence-corrected chi connectivity index (χ1v) is 10.5. The Kier molecular flexibility index (Phi) is 5.85. The fraction of sp³-hybridized carbons (Fsp3) is 0.222. The summed E-state index contributed by atoms with van der Waals surface area (Å²) in [5.41, 5.74) is 1.89. The number of nitrogens with one attached hydrogen (secondary N) is 1. The van der Waals surface area contributed by atoms with Crippen LogP contribution in [0, 0.1) is 0 Å². The SMILES string of the molecule is COc1ccc(CCc2nnc(NS(=O)(=O)Cc3ccccc3)s2)cc1. The molecule has 0 atom stereocenters. The Morgan fingerprint density at radius 2 is 1.69 bits per heavy atom. The van der Waals surface area contributed by atoms with Crippen LogP contribution in [0.1, 0.15) is 16.1 Å². The molecular weight excluding hydrogens is 370 g/mol. The fourth-order valence-electron chi connectivity index (χ4n) is 2.40. The number of nitrogens with zero attached hydrogens (tertiary/aromatic N) is 2. The summed E-state index contributed by atoms with van der Waals surface area (Å²) >= 11 is 1.26. The lowest BCUT2D eigenvalue weighted by Crippen LogP contribution is -2.14. The Morgan fingerprint density at radius 3 is 2.38 bits per heavy atom. The van der Waals surface area contributed by atoms with Crippen LogP contribution in [0.15, 0.2) is 54.6 Å². The lowest BCUT2D eigenvalue weighted by atomic mass is 10.1. The van der Waals surface area contributed by atoms with Crippen molar-refractivity contribution in [2.75, 3.05) is 11.8 Å². The molecule has 0 saturated carbocycles. The highest BCUT2D eigenvalue weighted by molar-refractivity contribution is 7.92. The third kappa shape index (κ3) is 5.27. The van der Waals surface area contributed by atoms with Crippen LogP contribution >= 0.6 is 11.3 Å². The smallest absolute Gasteiger partial charge is 0.238 e. The Labute approximate surface area is 156 Å². The zero-order valence-electron chi connectivity index (χ0n) is 14.3. The highest BCUT2D eigenvalue weighted by atomic mass is 32.2. The summed E-state index contributed by atoms with van der Waals surface area (Å²) < 4.78 is 32.1. The van der Waals surface area contributed by atoms with Gasteiger partial charge in [-0.3, -0.25) is 4.72 Å². The molecule has 0 aliphatic heterocycles. The summed E-state index contributed by atoms with van der Waals surface area (Å²) in [6.45, 7) is 0. The van der Waals surface area contributed by atoms with Crippen molar-refractivity contribution in [2.45, 2.75) is 18.6 Å². The van der Waals surface area contributed by atoms with Crippen molar-refractivity contribution in [3.63, 3.8) is 0 Å². The molecule has 8 heteroatoms. The van der Waals surface area contributed by atoms with Crippen LogP contribution in [0.4, 0.5) is 5.13 Å². The molecule has 1 aromatic heterocycles. The summed E-state index contributed by atoms with van der Waals surface area (Å²) in [5, 5.41) is 9.10. The Bertz CT molecular complexity index is 939. The standard InChI is InChI=1S/C18H19N3O3S2/c1-24-16-10-7-14(8-11-16)9-12-17-19-20-18(25-17)21-26(22,23)13-15-5-3-2-4-6-15/h2-8,10-11H,9,12-13H2,1H3,(H,20,21). The molecule has 1 heterocycles. The molecular formula is C18H19N3O3S2. The summed E-state index contributed by atoms with van der Waals surface area (Å²) in [4.78, 5) is 0. The minimum Gasteiger partial charge on any atom is -0.497 e. The first-order valence-electron chi connectivity index (χ1n) is 8.04. The van der Waals surface area contributed by atoms with Crippen LogP contribution in [0.25, 0.3) is 0 Å². The summed E-state index contributed by atoms with van der Waals surface area (Å²) in [7, 11) is -1.87. The van der Waals surface area contributed by atoms with Crippen LogP contribution in [0.2, 0.25) is 0 Å². The monoisotopic (exact) mass is 389 g/mol. The molecule has 2 aromatic carbocycles. The minimum absolute atomic E-state index is 0.0887. The van der Waals surface area contributed by atoms with Gasteiger partial charge in [0.05, 0.1) is 12.9 Å². The predicted octanol–water partition coefficient (Wildman–Crippen LogP) is 3.27. The second kappa shape index (κ2) is 8.29. The molecule has 0 aliphatic rings. The van der Waals surface area contributed by atoms with E-state index < -0.39 is 10.0 Å². The van der Waals surface area contributed by atoms with Crippen molar-refractivity contribution >= 4 is 26.5 Å². The van der Waals surface area contributed by atoms with Gasteiger partial charge in [-0.1, -0.05) is 53.8 Å². The van der Waals surface area contributed by atoms with E-state index in [1.165, 1.54) is 11.3 Å². The molecule has 0 aliphatic carbocycles. The van der Waals surface area contributed by atoms with Crippen molar-refractivity contribution in [2.24, 2.45) is 0 Å². The number of benzene rings is 2. The summed E-state index contributed by atoms with van der Waals surface area (Å²) in [5.74, 6) is 0.731. The number of rotatable bonds is 8. The van der Waals surface area contributed by atoms with Crippen molar-refractivity contribution in [3.8, 4) is 5.75 Å². The highest BCUT2D eigenvalue weighted by Crippen LogP contribution is 2.20. The lowest BCUT2D eigenvalue weighted by molar-refractivity contribution is 0.414. The Balaban J connectivity index is 1.57. The van der Waals surface area contributed by atoms with Gasteiger partial charge in [0.1, 0.15) is 10.8 Å². The molecule has 0 spiro atoms. The van der Waals surface area contributed by atoms with Gasteiger partial charge in [-0.2, -0.15) is 0 Å². The quantitative estimate of drug-likeness (QED) is 0.639. The molecule has 3 aromatic rings. The van der Waals surface area contributed by atoms with Gasteiger partial charge < -0.3 is 4.74 Å². The molecule has 136 valence electrons. The number of methoxy groups -OCH3 is 1. The number of hydrogen-bond acceptors (Lipinski definition) is 6. The molecule has 0 bridgehead atoms. The Hall–Kier alpha value is -2.45. The van der Waals surface area contributed by atoms with Gasteiger partial charge in [0.15, 0.2) is 0 Å². The van der Waals surface area contributed by atoms with Crippen LogP contribution < -0.4 is 9.46 Å². The number of hydrogen-bond donors (Lipinski definition) is 1. The van der Waals surface area contributed by atoms with Crippen molar-refractivity contribution in [1.29, 1.82) is 0 Å². The highest BCUT2D eigenvalue weighted by Gasteiger charge is 2.15. The van der Waals surface area contributed by atoms with Gasteiger partial charge >= 0.3 is 0 Å². The topological polar surface area (TPSA) is 81.2 Å². The first-order chi connectivity index (χ1) is 12.5. The van der Waals surface area contributed by atoms with Gasteiger partial charge in [0.25, 0.3) is 0 Å². The number of sulfonamides is 1. The average molecular weight is 390 g/mol. The van der Waals surface area contributed by atoms with E-state index in [1.54, 1.807) is 19.2 Å². The van der Waals surface area contributed by atoms with Crippen molar-refractivity contribution < 1.29 is 13.2 Å². The molecule has 3 rings (SSSR count). The first kappa shape index (κ1) is 18.3. The maximum Gasteiger partial charge on any atom is 0.238 e. The third-order valence-corrected chi connectivity index (χ3v) is 5.94. The molecule has 0 fully saturated rings. The van der Waals surface area contributed by atoms with E-state index in [2.05, 4.69) is 14.9 Å². The lowest BCUT2D eigenvalue weighted by Gasteiger charge is -2.04. The second-order valence-electron chi connectivity index (χ2n) is 5.70. The molecule has 1 N–H and O–H groups in total. The van der Waals surface area contributed by atoms with E-state index in [9.17, 15) is 8.42 Å². The van der Waals surface area contributed by atoms with Gasteiger partial charge in [-0.05, 0) is 29.7 Å². The fourth-order valence-corrected chi connectivity index (χ4v) is 4.55. The van der Waals surface area contributed by atoms with Gasteiger partial charge in [-0.25, -0.2) is 8.42 Å². The third-order valence-electron chi connectivity index (χ3n) is 3.70.